The third-order valence-electron chi connectivity index (χ3n) is 3.01. The van der Waals surface area contributed by atoms with Crippen molar-refractivity contribution in [1.82, 2.24) is 4.72 Å². The number of rotatable bonds is 6. The predicted octanol–water partition coefficient (Wildman–Crippen LogP) is 3.34. The zero-order valence-electron chi connectivity index (χ0n) is 12.5. The van der Waals surface area contributed by atoms with E-state index in [2.05, 4.69) is 0 Å². The number of sulfonamides is 1. The van der Waals surface area contributed by atoms with Crippen molar-refractivity contribution in [2.45, 2.75) is 11.1 Å². The Kier molecular flexibility index (Phi) is 5.63. The van der Waals surface area contributed by atoms with E-state index in [0.29, 0.717) is 12.1 Å². The van der Waals surface area contributed by atoms with E-state index >= 15 is 0 Å². The zero-order chi connectivity index (χ0) is 18.7. The molecule has 0 atom stereocenters. The molecule has 10 heteroatoms. The highest BCUT2D eigenvalue weighted by atomic mass is 32.2. The lowest BCUT2D eigenvalue weighted by Crippen LogP contribution is -2.29. The molecule has 0 fully saturated rings. The molecule has 0 heterocycles. The molecule has 0 aromatic heterocycles. The Morgan fingerprint density at radius 2 is 1.76 bits per heavy atom. The maximum absolute atomic E-state index is 13.5. The Morgan fingerprint density at radius 3 is 2.44 bits per heavy atom. The molecular formula is C15H12F5NO3S. The molecule has 0 bridgehead atoms. The highest BCUT2D eigenvalue weighted by Gasteiger charge is 2.30. The third kappa shape index (κ3) is 5.13. The van der Waals surface area contributed by atoms with Crippen molar-refractivity contribution in [3.8, 4) is 5.75 Å². The van der Waals surface area contributed by atoms with Gasteiger partial charge in [0.1, 0.15) is 28.9 Å². The van der Waals surface area contributed by atoms with Crippen LogP contribution in [0, 0.1) is 11.6 Å². The van der Waals surface area contributed by atoms with Crippen LogP contribution in [0.4, 0.5) is 22.0 Å². The summed E-state index contributed by atoms with van der Waals surface area (Å²) < 4.78 is 95.0. The van der Waals surface area contributed by atoms with E-state index < -0.39 is 38.3 Å². The number of nitrogens with one attached hydrogen (secondary N) is 1. The topological polar surface area (TPSA) is 55.4 Å². The van der Waals surface area contributed by atoms with Gasteiger partial charge in [-0.1, -0.05) is 6.07 Å². The van der Waals surface area contributed by atoms with Crippen LogP contribution >= 0.6 is 0 Å². The summed E-state index contributed by atoms with van der Waals surface area (Å²) in [6.45, 7) is -0.661. The van der Waals surface area contributed by atoms with Crippen LogP contribution in [0.15, 0.2) is 47.4 Å². The lowest BCUT2D eigenvalue weighted by Gasteiger charge is -2.11. The predicted molar refractivity (Wildman–Crippen MR) is 78.5 cm³/mol. The second-order valence-corrected chi connectivity index (χ2v) is 6.58. The average Bonchev–Trinajstić information content (AvgIpc) is 2.53. The second-order valence-electron chi connectivity index (χ2n) is 4.85. The molecular weight excluding hydrogens is 369 g/mol. The minimum Gasteiger partial charge on any atom is -0.492 e. The van der Waals surface area contributed by atoms with Crippen molar-refractivity contribution in [2.24, 2.45) is 0 Å². The number of alkyl halides is 3. The molecule has 2 rings (SSSR count). The number of ether oxygens (including phenoxy) is 1. The lowest BCUT2D eigenvalue weighted by atomic mass is 10.2. The van der Waals surface area contributed by atoms with Crippen LogP contribution in [0.2, 0.25) is 0 Å². The highest BCUT2D eigenvalue weighted by Crippen LogP contribution is 2.31. The van der Waals surface area contributed by atoms with Crippen LogP contribution in [-0.4, -0.2) is 21.6 Å². The van der Waals surface area contributed by atoms with E-state index in [1.807, 2.05) is 4.72 Å². The zero-order valence-corrected chi connectivity index (χ0v) is 13.3. The third-order valence-corrected chi connectivity index (χ3v) is 4.48. The van der Waals surface area contributed by atoms with E-state index in [1.54, 1.807) is 0 Å². The fourth-order valence-electron chi connectivity index (χ4n) is 1.87. The highest BCUT2D eigenvalue weighted by molar-refractivity contribution is 7.89. The molecule has 0 aliphatic carbocycles. The quantitative estimate of drug-likeness (QED) is 0.617. The summed E-state index contributed by atoms with van der Waals surface area (Å²) in [5, 5.41) is 0. The van der Waals surface area contributed by atoms with Crippen LogP contribution in [0.25, 0.3) is 0 Å². The summed E-state index contributed by atoms with van der Waals surface area (Å²) >= 11 is 0. The normalized spacial score (nSPS) is 12.2. The van der Waals surface area contributed by atoms with Gasteiger partial charge < -0.3 is 4.74 Å². The Morgan fingerprint density at radius 1 is 1.04 bits per heavy atom. The smallest absolute Gasteiger partial charge is 0.416 e. The molecule has 25 heavy (non-hydrogen) atoms. The van der Waals surface area contributed by atoms with E-state index in [4.69, 9.17) is 4.74 Å². The van der Waals surface area contributed by atoms with Crippen molar-refractivity contribution in [1.29, 1.82) is 0 Å². The van der Waals surface area contributed by atoms with Crippen LogP contribution in [0.3, 0.4) is 0 Å². The maximum Gasteiger partial charge on any atom is 0.416 e. The minimum absolute atomic E-state index is 0.106. The molecule has 0 spiro atoms. The van der Waals surface area contributed by atoms with Crippen molar-refractivity contribution in [2.75, 3.05) is 13.2 Å². The molecule has 2 aromatic carbocycles. The Hall–Kier alpha value is -2.20. The fraction of sp³-hybridized carbons (Fsp3) is 0.200. The Labute approximate surface area is 140 Å². The van der Waals surface area contributed by atoms with Crippen molar-refractivity contribution >= 4 is 10.0 Å². The van der Waals surface area contributed by atoms with Gasteiger partial charge >= 0.3 is 6.18 Å². The van der Waals surface area contributed by atoms with E-state index in [9.17, 15) is 30.4 Å². The average molecular weight is 381 g/mol. The van der Waals surface area contributed by atoms with Gasteiger partial charge in [0.05, 0.1) is 5.56 Å². The SMILES string of the molecule is O=S(=O)(NCCOc1cccc(C(F)(F)F)c1)c1cc(F)ccc1F. The first-order valence-corrected chi connectivity index (χ1v) is 8.33. The van der Waals surface area contributed by atoms with Crippen LogP contribution in [0.1, 0.15) is 5.56 Å². The van der Waals surface area contributed by atoms with Gasteiger partial charge in [-0.25, -0.2) is 21.9 Å². The van der Waals surface area contributed by atoms with Crippen LogP contribution < -0.4 is 9.46 Å². The summed E-state index contributed by atoms with van der Waals surface area (Å²) in [5.41, 5.74) is -0.910. The molecule has 2 aromatic rings. The minimum atomic E-state index is -4.53. The first-order valence-electron chi connectivity index (χ1n) is 6.84. The first kappa shape index (κ1) is 19.1. The first-order chi connectivity index (χ1) is 11.6. The number of benzene rings is 2. The van der Waals surface area contributed by atoms with Crippen molar-refractivity contribution < 1.29 is 35.1 Å². The molecule has 0 aliphatic rings. The lowest BCUT2D eigenvalue weighted by molar-refractivity contribution is -0.137. The molecule has 0 unspecified atom stereocenters. The molecule has 4 nitrogen and oxygen atoms in total. The summed E-state index contributed by atoms with van der Waals surface area (Å²) in [7, 11) is -4.32. The Bertz CT molecular complexity index is 852. The molecule has 1 N–H and O–H groups in total. The Balaban J connectivity index is 1.96. The number of hydrogen-bond donors (Lipinski definition) is 1. The van der Waals surface area contributed by atoms with Gasteiger partial charge in [-0.2, -0.15) is 13.2 Å². The van der Waals surface area contributed by atoms with Crippen molar-refractivity contribution in [3.05, 3.63) is 59.7 Å². The van der Waals surface area contributed by atoms with E-state index in [-0.39, 0.29) is 18.9 Å². The van der Waals surface area contributed by atoms with Gasteiger partial charge in [-0.05, 0) is 36.4 Å². The molecule has 0 radical (unpaired) electrons. The van der Waals surface area contributed by atoms with Gasteiger partial charge in [-0.3, -0.25) is 0 Å². The van der Waals surface area contributed by atoms with Crippen LogP contribution in [-0.2, 0) is 16.2 Å². The molecule has 0 saturated heterocycles. The molecule has 0 aliphatic heterocycles. The van der Waals surface area contributed by atoms with Gasteiger partial charge in [0.2, 0.25) is 10.0 Å². The summed E-state index contributed by atoms with van der Waals surface area (Å²) in [5.74, 6) is -2.17. The molecule has 136 valence electrons. The van der Waals surface area contributed by atoms with Gasteiger partial charge in [-0.15, -0.1) is 0 Å². The van der Waals surface area contributed by atoms with E-state index in [0.717, 1.165) is 24.3 Å². The maximum atomic E-state index is 13.5. The molecule has 0 saturated carbocycles. The van der Waals surface area contributed by atoms with Gasteiger partial charge in [0, 0.05) is 6.54 Å². The monoisotopic (exact) mass is 381 g/mol. The van der Waals surface area contributed by atoms with Crippen LogP contribution in [0.5, 0.6) is 5.75 Å². The fourth-order valence-corrected chi connectivity index (χ4v) is 2.97. The number of halogens is 5. The summed E-state index contributed by atoms with van der Waals surface area (Å²) in [6.07, 6.45) is -4.53. The van der Waals surface area contributed by atoms with Crippen molar-refractivity contribution in [3.63, 3.8) is 0 Å². The number of hydrogen-bond acceptors (Lipinski definition) is 3. The van der Waals surface area contributed by atoms with E-state index in [1.165, 1.54) is 6.07 Å². The summed E-state index contributed by atoms with van der Waals surface area (Å²) in [4.78, 5) is -0.869. The largest absolute Gasteiger partial charge is 0.492 e. The summed E-state index contributed by atoms with van der Waals surface area (Å²) in [6, 6.07) is 6.00. The standard InChI is InChI=1S/C15H12F5NO3S/c16-11-4-5-13(17)14(9-11)25(22,23)21-6-7-24-12-3-1-2-10(8-12)15(18,19)20/h1-5,8-9,21H,6-7H2. The van der Waals surface area contributed by atoms with Gasteiger partial charge in [0.15, 0.2) is 0 Å². The van der Waals surface area contributed by atoms with Gasteiger partial charge in [0.25, 0.3) is 0 Å². The molecule has 0 amide bonds. The second kappa shape index (κ2) is 7.36.